The Morgan fingerprint density at radius 3 is 2.50 bits per heavy atom. The Labute approximate surface area is 105 Å². The summed E-state index contributed by atoms with van der Waals surface area (Å²) < 4.78 is 24.4. The van der Waals surface area contributed by atoms with Crippen molar-refractivity contribution in [2.24, 2.45) is 0 Å². The lowest BCUT2D eigenvalue weighted by molar-refractivity contribution is 0.602. The van der Waals surface area contributed by atoms with E-state index < -0.39 is 9.84 Å². The Bertz CT molecular complexity index is 745. The van der Waals surface area contributed by atoms with Crippen LogP contribution in [0.4, 0.5) is 0 Å². The average molecular weight is 263 g/mol. The fraction of sp³-hybridized carbons (Fsp3) is 0.154. The molecule has 5 heteroatoms. The van der Waals surface area contributed by atoms with Crippen LogP contribution >= 0.6 is 0 Å². The largest absolute Gasteiger partial charge is 0.284 e. The van der Waals surface area contributed by atoms with E-state index >= 15 is 0 Å². The number of aromatic nitrogens is 1. The molecular weight excluding hydrogens is 250 g/mol. The van der Waals surface area contributed by atoms with Gasteiger partial charge in [0.2, 0.25) is 0 Å². The van der Waals surface area contributed by atoms with Crippen molar-refractivity contribution in [3.8, 4) is 5.69 Å². The van der Waals surface area contributed by atoms with Gasteiger partial charge in [-0.1, -0.05) is 12.1 Å². The Morgan fingerprint density at radius 2 is 1.83 bits per heavy atom. The van der Waals surface area contributed by atoms with Gasteiger partial charge in [-0.05, 0) is 30.7 Å². The van der Waals surface area contributed by atoms with Crippen LogP contribution in [0, 0.1) is 6.92 Å². The van der Waals surface area contributed by atoms with Crippen LogP contribution in [0.3, 0.4) is 0 Å². The molecule has 2 aromatic rings. The van der Waals surface area contributed by atoms with Crippen LogP contribution in [0.1, 0.15) is 5.56 Å². The second-order valence-corrected chi connectivity index (χ2v) is 6.20. The molecule has 0 bridgehead atoms. The fourth-order valence-electron chi connectivity index (χ4n) is 1.66. The van der Waals surface area contributed by atoms with Gasteiger partial charge in [-0.15, -0.1) is 0 Å². The summed E-state index contributed by atoms with van der Waals surface area (Å²) in [5, 5.41) is 0. The van der Waals surface area contributed by atoms with Gasteiger partial charge in [0.1, 0.15) is 0 Å². The zero-order chi connectivity index (χ0) is 13.3. The molecule has 0 atom stereocenters. The first kappa shape index (κ1) is 12.6. The summed E-state index contributed by atoms with van der Waals surface area (Å²) >= 11 is 0. The molecule has 0 aliphatic rings. The smallest absolute Gasteiger partial charge is 0.255 e. The monoisotopic (exact) mass is 263 g/mol. The van der Waals surface area contributed by atoms with Gasteiger partial charge in [-0.3, -0.25) is 9.36 Å². The molecule has 0 aliphatic carbocycles. The zero-order valence-electron chi connectivity index (χ0n) is 10.1. The quantitative estimate of drug-likeness (QED) is 0.826. The van der Waals surface area contributed by atoms with E-state index in [9.17, 15) is 13.2 Å². The van der Waals surface area contributed by atoms with Crippen LogP contribution in [0.5, 0.6) is 0 Å². The van der Waals surface area contributed by atoms with Gasteiger partial charge in [0.25, 0.3) is 5.56 Å². The standard InChI is InChI=1S/C13H13NO3S/c1-10-6-7-13(15)14(9-10)11-4-3-5-12(8-11)18(2,16)17/h3-9H,1-2H3. The van der Waals surface area contributed by atoms with E-state index in [4.69, 9.17) is 0 Å². The number of nitrogens with zero attached hydrogens (tertiary/aromatic N) is 1. The normalized spacial score (nSPS) is 11.4. The van der Waals surface area contributed by atoms with Crippen LogP contribution in [0.2, 0.25) is 0 Å². The third-order valence-electron chi connectivity index (χ3n) is 2.58. The number of hydrogen-bond donors (Lipinski definition) is 0. The molecule has 94 valence electrons. The number of rotatable bonds is 2. The van der Waals surface area contributed by atoms with Crippen LogP contribution in [0.15, 0.2) is 52.3 Å². The molecular formula is C13H13NO3S. The van der Waals surface area contributed by atoms with Crippen molar-refractivity contribution in [2.45, 2.75) is 11.8 Å². The number of benzene rings is 1. The summed E-state index contributed by atoms with van der Waals surface area (Å²) in [6.07, 6.45) is 2.83. The van der Waals surface area contributed by atoms with Crippen molar-refractivity contribution in [3.05, 3.63) is 58.5 Å². The Morgan fingerprint density at radius 1 is 1.11 bits per heavy atom. The first-order valence-corrected chi connectivity index (χ1v) is 7.27. The first-order chi connectivity index (χ1) is 8.38. The number of sulfone groups is 1. The van der Waals surface area contributed by atoms with E-state index in [0.717, 1.165) is 11.8 Å². The molecule has 4 nitrogen and oxygen atoms in total. The molecule has 0 spiro atoms. The maximum atomic E-state index is 11.7. The van der Waals surface area contributed by atoms with E-state index in [1.54, 1.807) is 24.4 Å². The summed E-state index contributed by atoms with van der Waals surface area (Å²) in [6.45, 7) is 1.87. The third-order valence-corrected chi connectivity index (χ3v) is 3.69. The van der Waals surface area contributed by atoms with E-state index in [-0.39, 0.29) is 10.5 Å². The lowest BCUT2D eigenvalue weighted by Gasteiger charge is -2.07. The topological polar surface area (TPSA) is 56.1 Å². The lowest BCUT2D eigenvalue weighted by atomic mass is 10.2. The molecule has 0 radical (unpaired) electrons. The molecule has 0 saturated heterocycles. The summed E-state index contributed by atoms with van der Waals surface area (Å²) in [6, 6.07) is 9.52. The second-order valence-electron chi connectivity index (χ2n) is 4.18. The summed E-state index contributed by atoms with van der Waals surface area (Å²) in [5.41, 5.74) is 1.29. The fourth-order valence-corrected chi connectivity index (χ4v) is 2.32. The molecule has 0 amide bonds. The Kier molecular flexibility index (Phi) is 3.09. The predicted molar refractivity (Wildman–Crippen MR) is 69.9 cm³/mol. The molecule has 2 rings (SSSR count). The van der Waals surface area contributed by atoms with Gasteiger partial charge in [-0.2, -0.15) is 0 Å². The first-order valence-electron chi connectivity index (χ1n) is 5.38. The van der Waals surface area contributed by atoms with Crippen molar-refractivity contribution in [2.75, 3.05) is 6.26 Å². The van der Waals surface area contributed by atoms with Crippen LogP contribution in [-0.2, 0) is 9.84 Å². The van der Waals surface area contributed by atoms with Gasteiger partial charge in [-0.25, -0.2) is 8.42 Å². The SMILES string of the molecule is Cc1ccc(=O)n(-c2cccc(S(C)(=O)=O)c2)c1. The minimum absolute atomic E-state index is 0.189. The highest BCUT2D eigenvalue weighted by molar-refractivity contribution is 7.90. The van der Waals surface area contributed by atoms with E-state index in [2.05, 4.69) is 0 Å². The maximum Gasteiger partial charge on any atom is 0.255 e. The van der Waals surface area contributed by atoms with Crippen molar-refractivity contribution in [1.29, 1.82) is 0 Å². The van der Waals surface area contributed by atoms with Gasteiger partial charge in [0.15, 0.2) is 9.84 Å². The van der Waals surface area contributed by atoms with Crippen LogP contribution in [0.25, 0.3) is 5.69 Å². The Balaban J connectivity index is 2.66. The summed E-state index contributed by atoms with van der Waals surface area (Å²) in [7, 11) is -3.27. The lowest BCUT2D eigenvalue weighted by Crippen LogP contribution is -2.16. The van der Waals surface area contributed by atoms with Crippen LogP contribution < -0.4 is 5.56 Å². The zero-order valence-corrected chi connectivity index (χ0v) is 10.9. The molecule has 1 aromatic carbocycles. The van der Waals surface area contributed by atoms with Gasteiger partial charge >= 0.3 is 0 Å². The van der Waals surface area contributed by atoms with Crippen molar-refractivity contribution < 1.29 is 8.42 Å². The minimum atomic E-state index is -3.27. The molecule has 0 N–H and O–H groups in total. The molecule has 0 fully saturated rings. The van der Waals surface area contributed by atoms with Gasteiger partial charge in [0.05, 0.1) is 4.90 Å². The van der Waals surface area contributed by atoms with E-state index in [0.29, 0.717) is 5.69 Å². The highest BCUT2D eigenvalue weighted by Gasteiger charge is 2.08. The molecule has 0 unspecified atom stereocenters. The van der Waals surface area contributed by atoms with Crippen molar-refractivity contribution >= 4 is 9.84 Å². The third kappa shape index (κ3) is 2.51. The second kappa shape index (κ2) is 4.42. The van der Waals surface area contributed by atoms with Crippen molar-refractivity contribution in [1.82, 2.24) is 4.57 Å². The highest BCUT2D eigenvalue weighted by atomic mass is 32.2. The predicted octanol–water partition coefficient (Wildman–Crippen LogP) is 1.55. The van der Waals surface area contributed by atoms with Crippen molar-refractivity contribution in [3.63, 3.8) is 0 Å². The Hall–Kier alpha value is -1.88. The molecule has 1 heterocycles. The van der Waals surface area contributed by atoms with E-state index in [1.165, 1.54) is 22.8 Å². The molecule has 0 saturated carbocycles. The van der Waals surface area contributed by atoms with Gasteiger partial charge < -0.3 is 0 Å². The summed E-state index contributed by atoms with van der Waals surface area (Å²) in [4.78, 5) is 11.9. The highest BCUT2D eigenvalue weighted by Crippen LogP contribution is 2.14. The number of pyridine rings is 1. The van der Waals surface area contributed by atoms with E-state index in [1.807, 2.05) is 6.92 Å². The summed E-state index contributed by atoms with van der Waals surface area (Å²) in [5.74, 6) is 0. The average Bonchev–Trinajstić information content (AvgIpc) is 2.31. The molecule has 1 aromatic heterocycles. The molecule has 0 aliphatic heterocycles. The maximum absolute atomic E-state index is 11.7. The molecule has 18 heavy (non-hydrogen) atoms. The van der Waals surface area contributed by atoms with Gasteiger partial charge in [0, 0.05) is 24.2 Å². The minimum Gasteiger partial charge on any atom is -0.284 e. The number of aryl methyl sites for hydroxylation is 1. The number of hydrogen-bond acceptors (Lipinski definition) is 3. The van der Waals surface area contributed by atoms with Crippen LogP contribution in [-0.4, -0.2) is 19.2 Å².